The van der Waals surface area contributed by atoms with Crippen LogP contribution < -0.4 is 5.73 Å². The minimum absolute atomic E-state index is 0.705. The van der Waals surface area contributed by atoms with Gasteiger partial charge in [-0.25, -0.2) is 0 Å². The van der Waals surface area contributed by atoms with E-state index in [0.717, 1.165) is 27.7 Å². The molecule has 0 spiro atoms. The summed E-state index contributed by atoms with van der Waals surface area (Å²) >= 11 is 0. The van der Waals surface area contributed by atoms with Crippen molar-refractivity contribution in [2.45, 2.75) is 6.92 Å². The Hall–Kier alpha value is -2.36. The molecule has 0 radical (unpaired) electrons. The van der Waals surface area contributed by atoms with Crippen LogP contribution in [0.15, 0.2) is 36.5 Å². The van der Waals surface area contributed by atoms with E-state index in [1.807, 2.05) is 38.2 Å². The standard InChI is InChI=1S/C14H14N4/c1-9-13(17-18(2)14(9)15)11-5-6-12-10(8-11)4-3-7-16-12/h3-8H,15H2,1-2H3. The third kappa shape index (κ3) is 1.54. The molecular weight excluding hydrogens is 224 g/mol. The van der Waals surface area contributed by atoms with Gasteiger partial charge in [0.2, 0.25) is 0 Å². The third-order valence-electron chi connectivity index (χ3n) is 3.21. The molecule has 0 fully saturated rings. The van der Waals surface area contributed by atoms with Gasteiger partial charge >= 0.3 is 0 Å². The van der Waals surface area contributed by atoms with Gasteiger partial charge in [-0.1, -0.05) is 12.1 Å². The number of nitrogens with zero attached hydrogens (tertiary/aromatic N) is 3. The lowest BCUT2D eigenvalue weighted by Crippen LogP contribution is -1.97. The smallest absolute Gasteiger partial charge is 0.124 e. The SMILES string of the molecule is Cc1c(-c2ccc3ncccc3c2)nn(C)c1N. The maximum Gasteiger partial charge on any atom is 0.124 e. The van der Waals surface area contributed by atoms with Crippen LogP contribution in [0, 0.1) is 6.92 Å². The zero-order valence-electron chi connectivity index (χ0n) is 10.4. The van der Waals surface area contributed by atoms with E-state index in [1.165, 1.54) is 0 Å². The van der Waals surface area contributed by atoms with Crippen LogP contribution in [-0.4, -0.2) is 14.8 Å². The quantitative estimate of drug-likeness (QED) is 0.708. The lowest BCUT2D eigenvalue weighted by Gasteiger charge is -2.01. The monoisotopic (exact) mass is 238 g/mol. The molecule has 2 heterocycles. The van der Waals surface area contributed by atoms with E-state index >= 15 is 0 Å². The molecule has 0 saturated heterocycles. The summed E-state index contributed by atoms with van der Waals surface area (Å²) in [5, 5.41) is 5.57. The van der Waals surface area contributed by atoms with Gasteiger partial charge in [-0.05, 0) is 25.1 Å². The molecule has 0 atom stereocenters. The number of hydrogen-bond donors (Lipinski definition) is 1. The van der Waals surface area contributed by atoms with Crippen molar-refractivity contribution < 1.29 is 0 Å². The van der Waals surface area contributed by atoms with Crippen molar-refractivity contribution in [1.82, 2.24) is 14.8 Å². The summed E-state index contributed by atoms with van der Waals surface area (Å²) in [6.07, 6.45) is 1.80. The lowest BCUT2D eigenvalue weighted by molar-refractivity contribution is 0.782. The maximum absolute atomic E-state index is 5.94. The fraction of sp³-hybridized carbons (Fsp3) is 0.143. The average Bonchev–Trinajstić information content (AvgIpc) is 2.66. The van der Waals surface area contributed by atoms with E-state index in [1.54, 1.807) is 10.9 Å². The summed E-state index contributed by atoms with van der Waals surface area (Å²) in [5.41, 5.74) is 9.95. The van der Waals surface area contributed by atoms with Gasteiger partial charge in [0, 0.05) is 29.8 Å². The fourth-order valence-electron chi connectivity index (χ4n) is 2.14. The molecule has 0 amide bonds. The summed E-state index contributed by atoms with van der Waals surface area (Å²) < 4.78 is 1.71. The van der Waals surface area contributed by atoms with Crippen LogP contribution in [0.1, 0.15) is 5.56 Å². The molecule has 0 aliphatic heterocycles. The molecule has 4 nitrogen and oxygen atoms in total. The number of benzene rings is 1. The molecule has 0 bridgehead atoms. The Morgan fingerprint density at radius 1 is 1.22 bits per heavy atom. The predicted molar refractivity (Wildman–Crippen MR) is 73.1 cm³/mol. The Morgan fingerprint density at radius 2 is 2.06 bits per heavy atom. The first-order valence-electron chi connectivity index (χ1n) is 5.81. The van der Waals surface area contributed by atoms with Crippen molar-refractivity contribution in [3.63, 3.8) is 0 Å². The van der Waals surface area contributed by atoms with Crippen LogP contribution in [-0.2, 0) is 7.05 Å². The highest BCUT2D eigenvalue weighted by atomic mass is 15.3. The first kappa shape index (κ1) is 10.8. The van der Waals surface area contributed by atoms with Crippen molar-refractivity contribution in [2.75, 3.05) is 5.73 Å². The lowest BCUT2D eigenvalue weighted by atomic mass is 10.1. The zero-order valence-corrected chi connectivity index (χ0v) is 10.4. The number of pyridine rings is 1. The molecule has 90 valence electrons. The van der Waals surface area contributed by atoms with Gasteiger partial charge in [0.25, 0.3) is 0 Å². The van der Waals surface area contributed by atoms with Crippen LogP contribution in [0.5, 0.6) is 0 Å². The summed E-state index contributed by atoms with van der Waals surface area (Å²) in [5.74, 6) is 0.705. The fourth-order valence-corrected chi connectivity index (χ4v) is 2.14. The topological polar surface area (TPSA) is 56.7 Å². The second-order valence-electron chi connectivity index (χ2n) is 4.39. The number of anilines is 1. The third-order valence-corrected chi connectivity index (χ3v) is 3.21. The highest BCUT2D eigenvalue weighted by Gasteiger charge is 2.11. The molecule has 3 aromatic rings. The molecular formula is C14H14N4. The minimum Gasteiger partial charge on any atom is -0.384 e. The van der Waals surface area contributed by atoms with Crippen LogP contribution in [0.25, 0.3) is 22.2 Å². The highest BCUT2D eigenvalue weighted by molar-refractivity contribution is 5.84. The number of rotatable bonds is 1. The van der Waals surface area contributed by atoms with E-state index < -0.39 is 0 Å². The maximum atomic E-state index is 5.94. The molecule has 2 N–H and O–H groups in total. The van der Waals surface area contributed by atoms with Gasteiger partial charge < -0.3 is 5.73 Å². The molecule has 18 heavy (non-hydrogen) atoms. The highest BCUT2D eigenvalue weighted by Crippen LogP contribution is 2.27. The first-order valence-corrected chi connectivity index (χ1v) is 5.81. The van der Waals surface area contributed by atoms with Crippen molar-refractivity contribution in [3.8, 4) is 11.3 Å². The van der Waals surface area contributed by atoms with Gasteiger partial charge in [0.1, 0.15) is 5.82 Å². The summed E-state index contributed by atoms with van der Waals surface area (Å²) in [6.45, 7) is 1.99. The molecule has 3 rings (SSSR count). The van der Waals surface area contributed by atoms with Crippen LogP contribution >= 0.6 is 0 Å². The van der Waals surface area contributed by atoms with Gasteiger partial charge in [0.15, 0.2) is 0 Å². The largest absolute Gasteiger partial charge is 0.384 e. The molecule has 0 unspecified atom stereocenters. The van der Waals surface area contributed by atoms with Crippen LogP contribution in [0.2, 0.25) is 0 Å². The van der Waals surface area contributed by atoms with Crippen molar-refractivity contribution in [3.05, 3.63) is 42.1 Å². The Kier molecular flexibility index (Phi) is 2.30. The molecule has 0 aliphatic rings. The van der Waals surface area contributed by atoms with Crippen LogP contribution in [0.3, 0.4) is 0 Å². The number of nitrogen functional groups attached to an aromatic ring is 1. The van der Waals surface area contributed by atoms with Gasteiger partial charge in [-0.3, -0.25) is 9.67 Å². The molecule has 0 aliphatic carbocycles. The van der Waals surface area contributed by atoms with Gasteiger partial charge in [-0.15, -0.1) is 0 Å². The number of fused-ring (bicyclic) bond motifs is 1. The molecule has 4 heteroatoms. The molecule has 0 saturated carbocycles. The van der Waals surface area contributed by atoms with Crippen molar-refractivity contribution in [2.24, 2.45) is 7.05 Å². The second-order valence-corrected chi connectivity index (χ2v) is 4.39. The van der Waals surface area contributed by atoms with Crippen molar-refractivity contribution in [1.29, 1.82) is 0 Å². The van der Waals surface area contributed by atoms with E-state index in [9.17, 15) is 0 Å². The van der Waals surface area contributed by atoms with E-state index in [-0.39, 0.29) is 0 Å². The summed E-state index contributed by atoms with van der Waals surface area (Å²) in [4.78, 5) is 4.31. The second kappa shape index (κ2) is 3.84. The molecule has 2 aromatic heterocycles. The Labute approximate surface area is 105 Å². The average molecular weight is 238 g/mol. The van der Waals surface area contributed by atoms with Gasteiger partial charge in [0.05, 0.1) is 11.2 Å². The summed E-state index contributed by atoms with van der Waals surface area (Å²) in [6, 6.07) is 10.1. The number of nitrogens with two attached hydrogens (primary N) is 1. The number of hydrogen-bond acceptors (Lipinski definition) is 3. The molecule has 1 aromatic carbocycles. The van der Waals surface area contributed by atoms with Crippen molar-refractivity contribution >= 4 is 16.7 Å². The minimum atomic E-state index is 0.705. The Bertz CT molecular complexity index is 728. The van der Waals surface area contributed by atoms with Gasteiger partial charge in [-0.2, -0.15) is 5.10 Å². The first-order chi connectivity index (χ1) is 8.66. The van der Waals surface area contributed by atoms with Crippen LogP contribution in [0.4, 0.5) is 5.82 Å². The zero-order chi connectivity index (χ0) is 12.7. The summed E-state index contributed by atoms with van der Waals surface area (Å²) in [7, 11) is 1.86. The van der Waals surface area contributed by atoms with E-state index in [0.29, 0.717) is 5.82 Å². The number of aryl methyl sites for hydroxylation is 1. The van der Waals surface area contributed by atoms with E-state index in [4.69, 9.17) is 5.73 Å². The predicted octanol–water partition coefficient (Wildman–Crippen LogP) is 2.53. The van der Waals surface area contributed by atoms with E-state index in [2.05, 4.69) is 16.1 Å². The Balaban J connectivity index is 2.22. The normalized spacial score (nSPS) is 11.0. The Morgan fingerprint density at radius 3 is 2.78 bits per heavy atom. The number of aromatic nitrogens is 3.